The maximum absolute atomic E-state index is 13.2. The van der Waals surface area contributed by atoms with Crippen molar-refractivity contribution in [2.24, 2.45) is 0 Å². The average Bonchev–Trinajstić information content (AvgIpc) is 3.17. The van der Waals surface area contributed by atoms with Gasteiger partial charge in [-0.25, -0.2) is 9.48 Å². The topological polar surface area (TPSA) is 93.5 Å². The van der Waals surface area contributed by atoms with Gasteiger partial charge in [0.2, 0.25) is 5.91 Å². The number of carbonyl (C=O) groups excluding carboxylic acids is 2. The molecule has 1 aliphatic heterocycles. The zero-order valence-corrected chi connectivity index (χ0v) is 18.7. The van der Waals surface area contributed by atoms with Crippen LogP contribution in [0.25, 0.3) is 20.2 Å². The van der Waals surface area contributed by atoms with Crippen molar-refractivity contribution >= 4 is 43.5 Å². The van der Waals surface area contributed by atoms with E-state index in [1.807, 2.05) is 31.2 Å². The number of thiophene rings is 1. The summed E-state index contributed by atoms with van der Waals surface area (Å²) in [5.41, 5.74) is 0.482. The molecule has 3 aromatic rings. The fraction of sp³-hybridized carbons (Fsp3) is 0.455. The maximum Gasteiger partial charge on any atom is 0.409 e. The van der Waals surface area contributed by atoms with E-state index in [0.29, 0.717) is 37.9 Å². The Bertz CT molecular complexity index is 1190. The highest BCUT2D eigenvalue weighted by molar-refractivity contribution is 7.26. The van der Waals surface area contributed by atoms with Crippen molar-refractivity contribution in [3.8, 4) is 0 Å². The maximum atomic E-state index is 13.2. The number of aromatic nitrogens is 2. The number of ether oxygens (including phenoxy) is 1. The quantitative estimate of drug-likeness (QED) is 0.670. The van der Waals surface area contributed by atoms with Gasteiger partial charge >= 0.3 is 6.09 Å². The standard InChI is InChI=1S/C22H26N4O4S/c1-4-30-22(29)25-11-9-15(10-12-25)23-20(27)14(3)26-21(28)18-16-7-5-6-8-17(16)31-19(18)13(2)24-26/h5-8,14-15H,4,9-12H2,1-3H3,(H,23,27)/t14-/m1/s1. The monoisotopic (exact) mass is 442 g/mol. The second-order valence-electron chi connectivity index (χ2n) is 7.78. The number of nitrogens with zero attached hydrogens (tertiary/aromatic N) is 3. The van der Waals surface area contributed by atoms with Gasteiger partial charge in [-0.05, 0) is 39.7 Å². The molecule has 0 unspecified atom stereocenters. The van der Waals surface area contributed by atoms with Gasteiger partial charge in [-0.2, -0.15) is 5.10 Å². The summed E-state index contributed by atoms with van der Waals surface area (Å²) in [6, 6.07) is 6.99. The largest absolute Gasteiger partial charge is 0.450 e. The molecule has 0 saturated carbocycles. The Morgan fingerprint density at radius 2 is 2.00 bits per heavy atom. The molecule has 1 aromatic carbocycles. The molecule has 0 spiro atoms. The highest BCUT2D eigenvalue weighted by atomic mass is 32.1. The molecule has 0 aliphatic carbocycles. The first-order chi connectivity index (χ1) is 14.9. The van der Waals surface area contributed by atoms with Crippen LogP contribution in [0.3, 0.4) is 0 Å². The van der Waals surface area contributed by atoms with Gasteiger partial charge in [0, 0.05) is 29.2 Å². The van der Waals surface area contributed by atoms with E-state index in [9.17, 15) is 14.4 Å². The summed E-state index contributed by atoms with van der Waals surface area (Å²) in [5.74, 6) is -0.248. The molecule has 2 amide bonds. The number of nitrogens with one attached hydrogen (secondary N) is 1. The lowest BCUT2D eigenvalue weighted by molar-refractivity contribution is -0.125. The van der Waals surface area contributed by atoms with Crippen LogP contribution in [-0.2, 0) is 9.53 Å². The van der Waals surface area contributed by atoms with Crippen LogP contribution < -0.4 is 10.9 Å². The van der Waals surface area contributed by atoms with Gasteiger partial charge in [0.05, 0.1) is 22.4 Å². The number of amides is 2. The van der Waals surface area contributed by atoms with E-state index in [-0.39, 0.29) is 23.6 Å². The van der Waals surface area contributed by atoms with Crippen molar-refractivity contribution in [2.45, 2.75) is 45.7 Å². The normalized spacial score (nSPS) is 15.9. The number of benzene rings is 1. The number of piperidine rings is 1. The summed E-state index contributed by atoms with van der Waals surface area (Å²) in [4.78, 5) is 39.7. The van der Waals surface area contributed by atoms with E-state index in [1.165, 1.54) is 4.68 Å². The predicted octanol–water partition coefficient (Wildman–Crippen LogP) is 3.22. The Labute approximate surface area is 183 Å². The van der Waals surface area contributed by atoms with Gasteiger partial charge in [-0.3, -0.25) is 9.59 Å². The number of hydrogen-bond acceptors (Lipinski definition) is 6. The highest BCUT2D eigenvalue weighted by Crippen LogP contribution is 2.32. The first kappa shape index (κ1) is 21.3. The first-order valence-electron chi connectivity index (χ1n) is 10.5. The number of fused-ring (bicyclic) bond motifs is 3. The van der Waals surface area contributed by atoms with Gasteiger partial charge in [0.25, 0.3) is 5.56 Å². The van der Waals surface area contributed by atoms with E-state index in [1.54, 1.807) is 30.1 Å². The summed E-state index contributed by atoms with van der Waals surface area (Å²) < 4.78 is 8.22. The minimum Gasteiger partial charge on any atom is -0.450 e. The SMILES string of the molecule is CCOC(=O)N1CCC(NC(=O)[C@@H](C)n2nc(C)c3sc4ccccc4c3c2=O)CC1. The molecule has 0 radical (unpaired) electrons. The Kier molecular flexibility index (Phi) is 5.95. The smallest absolute Gasteiger partial charge is 0.409 e. The van der Waals surface area contributed by atoms with Crippen LogP contribution in [0.1, 0.15) is 38.4 Å². The molecule has 9 heteroatoms. The molecule has 3 heterocycles. The van der Waals surface area contributed by atoms with Crippen molar-refractivity contribution in [3.05, 3.63) is 40.3 Å². The fourth-order valence-corrected chi connectivity index (χ4v) is 5.13. The van der Waals surface area contributed by atoms with Crippen molar-refractivity contribution in [1.29, 1.82) is 0 Å². The van der Waals surface area contributed by atoms with Crippen molar-refractivity contribution in [1.82, 2.24) is 20.0 Å². The molecule has 0 bridgehead atoms. The summed E-state index contributed by atoms with van der Waals surface area (Å²) in [5, 5.41) is 8.98. The van der Waals surface area contributed by atoms with Gasteiger partial charge in [0.1, 0.15) is 6.04 Å². The Hall–Kier alpha value is -2.94. The first-order valence-corrected chi connectivity index (χ1v) is 11.3. The van der Waals surface area contributed by atoms with Gasteiger partial charge in [0.15, 0.2) is 0 Å². The van der Waals surface area contributed by atoms with Crippen LogP contribution in [-0.4, -0.2) is 52.4 Å². The number of hydrogen-bond donors (Lipinski definition) is 1. The minimum atomic E-state index is -0.739. The number of likely N-dealkylation sites (tertiary alicyclic amines) is 1. The molecule has 1 N–H and O–H groups in total. The Morgan fingerprint density at radius 1 is 1.29 bits per heavy atom. The molecule has 1 fully saturated rings. The van der Waals surface area contributed by atoms with Gasteiger partial charge < -0.3 is 15.0 Å². The zero-order chi connectivity index (χ0) is 22.1. The van der Waals surface area contributed by atoms with E-state index in [0.717, 1.165) is 20.5 Å². The van der Waals surface area contributed by atoms with E-state index in [4.69, 9.17) is 4.74 Å². The van der Waals surface area contributed by atoms with Gasteiger partial charge in [-0.1, -0.05) is 18.2 Å². The van der Waals surface area contributed by atoms with Crippen molar-refractivity contribution < 1.29 is 14.3 Å². The van der Waals surface area contributed by atoms with Crippen LogP contribution in [0.5, 0.6) is 0 Å². The van der Waals surface area contributed by atoms with Gasteiger partial charge in [-0.15, -0.1) is 11.3 Å². The van der Waals surface area contributed by atoms with E-state index >= 15 is 0 Å². The van der Waals surface area contributed by atoms with Crippen LogP contribution in [0.15, 0.2) is 29.1 Å². The van der Waals surface area contributed by atoms with Crippen LogP contribution >= 0.6 is 11.3 Å². The summed E-state index contributed by atoms with van der Waals surface area (Å²) in [6.45, 7) is 6.74. The molecular formula is C22H26N4O4S. The molecule has 164 valence electrons. The second kappa shape index (κ2) is 8.66. The lowest BCUT2D eigenvalue weighted by Gasteiger charge is -2.32. The fourth-order valence-electron chi connectivity index (χ4n) is 4.00. The minimum absolute atomic E-state index is 0.0527. The molecule has 1 saturated heterocycles. The van der Waals surface area contributed by atoms with Crippen molar-refractivity contribution in [3.63, 3.8) is 0 Å². The van der Waals surface area contributed by atoms with Crippen LogP contribution in [0.4, 0.5) is 4.79 Å². The Morgan fingerprint density at radius 3 is 2.71 bits per heavy atom. The highest BCUT2D eigenvalue weighted by Gasteiger charge is 2.27. The zero-order valence-electron chi connectivity index (χ0n) is 17.9. The average molecular weight is 443 g/mol. The molecule has 1 aliphatic rings. The summed E-state index contributed by atoms with van der Waals surface area (Å²) in [7, 11) is 0. The Balaban J connectivity index is 1.52. The molecule has 31 heavy (non-hydrogen) atoms. The van der Waals surface area contributed by atoms with E-state index in [2.05, 4.69) is 10.4 Å². The molecule has 4 rings (SSSR count). The second-order valence-corrected chi connectivity index (χ2v) is 8.83. The molecule has 2 aromatic heterocycles. The number of aryl methyl sites for hydroxylation is 1. The molecular weight excluding hydrogens is 416 g/mol. The third-order valence-corrected chi connectivity index (χ3v) is 7.00. The van der Waals surface area contributed by atoms with Crippen LogP contribution in [0.2, 0.25) is 0 Å². The number of rotatable bonds is 4. The third kappa shape index (κ3) is 4.01. The van der Waals surface area contributed by atoms with Crippen molar-refractivity contribution in [2.75, 3.05) is 19.7 Å². The third-order valence-electron chi connectivity index (χ3n) is 5.72. The van der Waals surface area contributed by atoms with E-state index < -0.39 is 6.04 Å². The number of carbonyl (C=O) groups is 2. The summed E-state index contributed by atoms with van der Waals surface area (Å²) in [6.07, 6.45) is 0.975. The molecule has 8 nitrogen and oxygen atoms in total. The van der Waals surface area contributed by atoms with Crippen LogP contribution in [0, 0.1) is 6.92 Å². The molecule has 1 atom stereocenters. The summed E-state index contributed by atoms with van der Waals surface area (Å²) >= 11 is 1.55. The lowest BCUT2D eigenvalue weighted by atomic mass is 10.0. The predicted molar refractivity (Wildman–Crippen MR) is 121 cm³/mol. The lowest BCUT2D eigenvalue weighted by Crippen LogP contribution is -2.48.